The van der Waals surface area contributed by atoms with Crippen LogP contribution in [0.15, 0.2) is 12.2 Å². The first-order chi connectivity index (χ1) is 12.3. The van der Waals surface area contributed by atoms with Gasteiger partial charge in [0.15, 0.2) is 0 Å². The van der Waals surface area contributed by atoms with E-state index in [-0.39, 0.29) is 6.61 Å². The van der Waals surface area contributed by atoms with Crippen LogP contribution in [0.4, 0.5) is 0 Å². The lowest BCUT2D eigenvalue weighted by molar-refractivity contribution is 0.0321. The molecule has 0 unspecified atom stereocenters. The van der Waals surface area contributed by atoms with E-state index in [4.69, 9.17) is 14.6 Å². The van der Waals surface area contributed by atoms with Gasteiger partial charge < -0.3 is 14.6 Å². The molecule has 0 aromatic heterocycles. The van der Waals surface area contributed by atoms with Crippen LogP contribution in [-0.4, -0.2) is 38.1 Å². The van der Waals surface area contributed by atoms with Gasteiger partial charge in [0.05, 0.1) is 26.4 Å². The molecule has 0 aromatic rings. The van der Waals surface area contributed by atoms with Crippen LogP contribution >= 0.6 is 0 Å². The summed E-state index contributed by atoms with van der Waals surface area (Å²) in [5, 5.41) is 8.56. The molecule has 0 bridgehead atoms. The average molecular weight is 357 g/mol. The summed E-state index contributed by atoms with van der Waals surface area (Å²) in [6.45, 7) is 7.20. The Labute approximate surface area is 157 Å². The van der Waals surface area contributed by atoms with Gasteiger partial charge in [0.25, 0.3) is 0 Å². The monoisotopic (exact) mass is 356 g/mol. The quantitative estimate of drug-likeness (QED) is 0.218. The first kappa shape index (κ1) is 24.6. The third kappa shape index (κ3) is 23.6. The molecule has 25 heavy (non-hydrogen) atoms. The smallest absolute Gasteiger partial charge is 0.0701 e. The van der Waals surface area contributed by atoms with Gasteiger partial charge in [-0.3, -0.25) is 0 Å². The van der Waals surface area contributed by atoms with Gasteiger partial charge in [-0.2, -0.15) is 0 Å². The van der Waals surface area contributed by atoms with Crippen LogP contribution in [0.25, 0.3) is 0 Å². The van der Waals surface area contributed by atoms with Crippen molar-refractivity contribution in [3.05, 3.63) is 12.2 Å². The van der Waals surface area contributed by atoms with Gasteiger partial charge >= 0.3 is 0 Å². The van der Waals surface area contributed by atoms with Crippen molar-refractivity contribution < 1.29 is 14.6 Å². The largest absolute Gasteiger partial charge is 0.394 e. The molecular weight excluding hydrogens is 312 g/mol. The zero-order valence-corrected chi connectivity index (χ0v) is 17.0. The third-order valence-electron chi connectivity index (χ3n) is 4.34. The van der Waals surface area contributed by atoms with Crippen molar-refractivity contribution in [3.63, 3.8) is 0 Å². The maximum atomic E-state index is 8.56. The van der Waals surface area contributed by atoms with E-state index in [2.05, 4.69) is 26.0 Å². The number of ether oxygens (including phenoxy) is 2. The minimum absolute atomic E-state index is 0.0915. The zero-order valence-electron chi connectivity index (χ0n) is 17.0. The van der Waals surface area contributed by atoms with Crippen LogP contribution in [0.2, 0.25) is 0 Å². The summed E-state index contributed by atoms with van der Waals surface area (Å²) in [7, 11) is 0. The number of aliphatic hydroxyl groups excluding tert-OH is 1. The minimum atomic E-state index is 0.0915. The molecule has 0 aromatic carbocycles. The molecule has 3 nitrogen and oxygen atoms in total. The molecule has 0 radical (unpaired) electrons. The second-order valence-electron chi connectivity index (χ2n) is 7.36. The summed E-state index contributed by atoms with van der Waals surface area (Å²) in [6, 6.07) is 0. The lowest BCUT2D eigenvalue weighted by atomic mass is 10.0. The van der Waals surface area contributed by atoms with Crippen molar-refractivity contribution >= 4 is 0 Å². The molecule has 0 heterocycles. The van der Waals surface area contributed by atoms with E-state index >= 15 is 0 Å². The Hall–Kier alpha value is -0.380. The number of aliphatic hydroxyl groups is 1. The predicted molar refractivity (Wildman–Crippen MR) is 108 cm³/mol. The number of allylic oxidation sites excluding steroid dienone is 2. The highest BCUT2D eigenvalue weighted by atomic mass is 16.5. The Morgan fingerprint density at radius 2 is 1.16 bits per heavy atom. The zero-order chi connectivity index (χ0) is 18.4. The van der Waals surface area contributed by atoms with E-state index in [0.717, 1.165) is 18.9 Å². The molecule has 0 amide bonds. The van der Waals surface area contributed by atoms with Crippen molar-refractivity contribution in [1.29, 1.82) is 0 Å². The molecule has 0 aliphatic carbocycles. The third-order valence-corrected chi connectivity index (χ3v) is 4.34. The maximum absolute atomic E-state index is 8.56. The minimum Gasteiger partial charge on any atom is -0.394 e. The van der Waals surface area contributed by atoms with Gasteiger partial charge in [-0.1, -0.05) is 70.9 Å². The molecule has 0 atom stereocenters. The fraction of sp³-hybridized carbons (Fsp3) is 0.909. The molecule has 0 spiro atoms. The second-order valence-corrected chi connectivity index (χ2v) is 7.36. The highest BCUT2D eigenvalue weighted by molar-refractivity contribution is 4.81. The first-order valence-electron chi connectivity index (χ1n) is 10.7. The summed E-state index contributed by atoms with van der Waals surface area (Å²) in [6.07, 6.45) is 20.6. The maximum Gasteiger partial charge on any atom is 0.0701 e. The van der Waals surface area contributed by atoms with E-state index in [1.54, 1.807) is 0 Å². The van der Waals surface area contributed by atoms with Gasteiger partial charge in [0, 0.05) is 6.61 Å². The lowest BCUT2D eigenvalue weighted by Gasteiger charge is -2.05. The number of unbranched alkanes of at least 4 members (excludes halogenated alkanes) is 9. The SMILES string of the molecule is CC(C)CCCCC/C=C\CCCCCCCCOCCOCCO. The molecule has 0 aliphatic rings. The van der Waals surface area contributed by atoms with Gasteiger partial charge in [0.1, 0.15) is 0 Å². The molecule has 1 N–H and O–H groups in total. The summed E-state index contributed by atoms with van der Waals surface area (Å²) in [5.41, 5.74) is 0. The van der Waals surface area contributed by atoms with Crippen molar-refractivity contribution in [1.82, 2.24) is 0 Å². The Bertz CT molecular complexity index is 264. The second kappa shape index (κ2) is 21.7. The van der Waals surface area contributed by atoms with Crippen LogP contribution < -0.4 is 0 Å². The van der Waals surface area contributed by atoms with E-state index in [9.17, 15) is 0 Å². The van der Waals surface area contributed by atoms with Crippen molar-refractivity contribution in [2.24, 2.45) is 5.92 Å². The first-order valence-corrected chi connectivity index (χ1v) is 10.7. The van der Waals surface area contributed by atoms with E-state index < -0.39 is 0 Å². The Morgan fingerprint density at radius 3 is 1.76 bits per heavy atom. The average Bonchev–Trinajstić information content (AvgIpc) is 2.60. The van der Waals surface area contributed by atoms with Gasteiger partial charge in [-0.15, -0.1) is 0 Å². The fourth-order valence-electron chi connectivity index (χ4n) is 2.79. The molecule has 0 saturated carbocycles. The van der Waals surface area contributed by atoms with E-state index in [0.29, 0.717) is 19.8 Å². The summed E-state index contributed by atoms with van der Waals surface area (Å²) < 4.78 is 10.6. The summed E-state index contributed by atoms with van der Waals surface area (Å²) >= 11 is 0. The van der Waals surface area contributed by atoms with Crippen molar-refractivity contribution in [2.45, 2.75) is 90.9 Å². The summed E-state index contributed by atoms with van der Waals surface area (Å²) in [5.74, 6) is 0.861. The van der Waals surface area contributed by atoms with Crippen molar-refractivity contribution in [2.75, 3.05) is 33.0 Å². The van der Waals surface area contributed by atoms with Gasteiger partial charge in [-0.05, 0) is 38.0 Å². The van der Waals surface area contributed by atoms with Crippen LogP contribution in [0.3, 0.4) is 0 Å². The standard InChI is InChI=1S/C22H44O3/c1-22(2)16-14-12-10-8-6-4-3-5-7-9-11-13-15-18-24-20-21-25-19-17-23/h4,6,22-23H,3,5,7-21H2,1-2H3/b6-4-. The van der Waals surface area contributed by atoms with Crippen LogP contribution in [0.5, 0.6) is 0 Å². The highest BCUT2D eigenvalue weighted by Crippen LogP contribution is 2.11. The fourth-order valence-corrected chi connectivity index (χ4v) is 2.79. The summed E-state index contributed by atoms with van der Waals surface area (Å²) in [4.78, 5) is 0. The topological polar surface area (TPSA) is 38.7 Å². The molecule has 0 fully saturated rings. The van der Waals surface area contributed by atoms with E-state index in [1.807, 2.05) is 0 Å². The van der Waals surface area contributed by atoms with Crippen LogP contribution in [-0.2, 0) is 9.47 Å². The Kier molecular flexibility index (Phi) is 21.3. The van der Waals surface area contributed by atoms with Crippen molar-refractivity contribution in [3.8, 4) is 0 Å². The molecule has 0 aliphatic heterocycles. The number of rotatable bonds is 20. The molecule has 150 valence electrons. The van der Waals surface area contributed by atoms with E-state index in [1.165, 1.54) is 70.6 Å². The van der Waals surface area contributed by atoms with Gasteiger partial charge in [-0.25, -0.2) is 0 Å². The predicted octanol–water partition coefficient (Wildman–Crippen LogP) is 5.91. The normalized spacial score (nSPS) is 11.8. The molecular formula is C22H44O3. The van der Waals surface area contributed by atoms with Crippen LogP contribution in [0, 0.1) is 5.92 Å². The molecule has 3 heteroatoms. The number of hydrogen-bond donors (Lipinski definition) is 1. The number of hydrogen-bond acceptors (Lipinski definition) is 3. The Balaban J connectivity index is 3.05. The van der Waals surface area contributed by atoms with Gasteiger partial charge in [0.2, 0.25) is 0 Å². The Morgan fingerprint density at radius 1 is 0.640 bits per heavy atom. The lowest BCUT2D eigenvalue weighted by Crippen LogP contribution is -2.07. The van der Waals surface area contributed by atoms with Crippen LogP contribution in [0.1, 0.15) is 90.9 Å². The highest BCUT2D eigenvalue weighted by Gasteiger charge is 1.94. The molecule has 0 saturated heterocycles. The molecule has 0 rings (SSSR count).